The highest BCUT2D eigenvalue weighted by atomic mass is 35.5. The largest absolute Gasteiger partial charge is 0.495 e. The first kappa shape index (κ1) is 14.3. The molecule has 0 atom stereocenters. The molecule has 0 radical (unpaired) electrons. The summed E-state index contributed by atoms with van der Waals surface area (Å²) in [4.78, 5) is 13.3. The normalized spacial score (nSPS) is 9.94. The number of carbonyl (C=O) groups is 1. The molecule has 1 amide bonds. The van der Waals surface area contributed by atoms with E-state index in [9.17, 15) is 4.79 Å². The minimum atomic E-state index is -0.228. The highest BCUT2D eigenvalue weighted by molar-refractivity contribution is 6.31. The molecule has 0 aliphatic heterocycles. The zero-order valence-corrected chi connectivity index (χ0v) is 11.0. The number of nitrogens with zero attached hydrogens (tertiary/aromatic N) is 2. The van der Waals surface area contributed by atoms with Gasteiger partial charge in [0.1, 0.15) is 5.75 Å². The van der Waals surface area contributed by atoms with Crippen LogP contribution in [0.3, 0.4) is 0 Å². The van der Waals surface area contributed by atoms with E-state index in [0.717, 1.165) is 0 Å². The third-order valence-corrected chi connectivity index (χ3v) is 2.42. The van der Waals surface area contributed by atoms with Crippen LogP contribution in [0, 0.1) is 11.3 Å². The molecule has 0 fully saturated rings. The van der Waals surface area contributed by atoms with Crippen molar-refractivity contribution in [1.82, 2.24) is 4.90 Å². The number of benzene rings is 1. The van der Waals surface area contributed by atoms with E-state index >= 15 is 0 Å². The maximum absolute atomic E-state index is 11.7. The molecule has 0 unspecified atom stereocenters. The molecule has 1 N–H and O–H groups in total. The smallest absolute Gasteiger partial charge is 0.238 e. The Hall–Kier alpha value is -1.77. The number of nitrogens with one attached hydrogen (secondary N) is 1. The van der Waals surface area contributed by atoms with E-state index in [-0.39, 0.29) is 19.0 Å². The summed E-state index contributed by atoms with van der Waals surface area (Å²) in [5.74, 6) is 0.309. The van der Waals surface area contributed by atoms with E-state index in [1.165, 1.54) is 7.11 Å². The number of nitriles is 1. The van der Waals surface area contributed by atoms with Gasteiger partial charge in [0.2, 0.25) is 5.91 Å². The highest BCUT2D eigenvalue weighted by Gasteiger charge is 2.10. The second-order valence-corrected chi connectivity index (χ2v) is 4.16. The zero-order chi connectivity index (χ0) is 13.5. The van der Waals surface area contributed by atoms with Crippen molar-refractivity contribution in [1.29, 1.82) is 5.26 Å². The number of hydrogen-bond donors (Lipinski definition) is 1. The molecule has 0 aliphatic rings. The van der Waals surface area contributed by atoms with E-state index in [0.29, 0.717) is 16.5 Å². The number of likely N-dealkylation sites (N-methyl/N-ethyl adjacent to an activating group) is 1. The SMILES string of the molecule is COc1ccc(Cl)cc1NC(=O)CN(C)CC#N. The molecular weight excluding hydrogens is 254 g/mol. The molecule has 6 heteroatoms. The predicted molar refractivity (Wildman–Crippen MR) is 69.7 cm³/mol. The number of carbonyl (C=O) groups excluding carboxylic acids is 1. The van der Waals surface area contributed by atoms with Gasteiger partial charge in [-0.15, -0.1) is 0 Å². The van der Waals surface area contributed by atoms with Gasteiger partial charge in [0, 0.05) is 5.02 Å². The van der Waals surface area contributed by atoms with Gasteiger partial charge in [-0.25, -0.2) is 0 Å². The lowest BCUT2D eigenvalue weighted by molar-refractivity contribution is -0.116. The van der Waals surface area contributed by atoms with Crippen LogP contribution in [-0.4, -0.2) is 38.1 Å². The fraction of sp³-hybridized carbons (Fsp3) is 0.333. The lowest BCUT2D eigenvalue weighted by Crippen LogP contribution is -2.30. The summed E-state index contributed by atoms with van der Waals surface area (Å²) in [6.45, 7) is 0.323. The first-order valence-electron chi connectivity index (χ1n) is 5.25. The Labute approximate surface area is 111 Å². The van der Waals surface area contributed by atoms with E-state index in [4.69, 9.17) is 21.6 Å². The number of ether oxygens (including phenoxy) is 1. The molecule has 0 saturated carbocycles. The van der Waals surface area contributed by atoms with Crippen molar-refractivity contribution in [3.05, 3.63) is 23.2 Å². The van der Waals surface area contributed by atoms with Crippen molar-refractivity contribution in [2.24, 2.45) is 0 Å². The fourth-order valence-corrected chi connectivity index (χ4v) is 1.56. The molecule has 0 spiro atoms. The Morgan fingerprint density at radius 2 is 2.33 bits per heavy atom. The Kier molecular flexibility index (Phi) is 5.43. The molecule has 1 aromatic carbocycles. The van der Waals surface area contributed by atoms with Crippen LogP contribution in [0.1, 0.15) is 0 Å². The van der Waals surface area contributed by atoms with Crippen molar-refractivity contribution in [2.45, 2.75) is 0 Å². The van der Waals surface area contributed by atoms with Gasteiger partial charge in [-0.1, -0.05) is 11.6 Å². The summed E-state index contributed by atoms with van der Waals surface area (Å²) in [5.41, 5.74) is 0.514. The molecule has 1 aromatic rings. The van der Waals surface area contributed by atoms with Gasteiger partial charge in [0.15, 0.2) is 0 Å². The fourth-order valence-electron chi connectivity index (χ4n) is 1.39. The quantitative estimate of drug-likeness (QED) is 0.826. The van der Waals surface area contributed by atoms with Crippen LogP contribution in [0.2, 0.25) is 5.02 Å². The summed E-state index contributed by atoms with van der Waals surface area (Å²) in [6.07, 6.45) is 0. The molecule has 0 aromatic heterocycles. The monoisotopic (exact) mass is 267 g/mol. The van der Waals surface area contributed by atoms with Gasteiger partial charge in [-0.2, -0.15) is 5.26 Å². The summed E-state index contributed by atoms with van der Waals surface area (Å²) >= 11 is 5.85. The summed E-state index contributed by atoms with van der Waals surface area (Å²) < 4.78 is 5.11. The second-order valence-electron chi connectivity index (χ2n) is 3.72. The number of halogens is 1. The maximum Gasteiger partial charge on any atom is 0.238 e. The van der Waals surface area contributed by atoms with E-state index < -0.39 is 0 Å². The van der Waals surface area contributed by atoms with E-state index in [2.05, 4.69) is 5.32 Å². The molecule has 96 valence electrons. The van der Waals surface area contributed by atoms with Crippen LogP contribution in [0.4, 0.5) is 5.69 Å². The van der Waals surface area contributed by atoms with Gasteiger partial charge in [0.25, 0.3) is 0 Å². The molecular formula is C12H14ClN3O2. The number of amides is 1. The van der Waals surface area contributed by atoms with Crippen LogP contribution < -0.4 is 10.1 Å². The van der Waals surface area contributed by atoms with Gasteiger partial charge in [0.05, 0.1) is 32.0 Å². The van der Waals surface area contributed by atoms with E-state index in [1.54, 1.807) is 30.1 Å². The minimum absolute atomic E-state index is 0.128. The number of hydrogen-bond acceptors (Lipinski definition) is 4. The van der Waals surface area contributed by atoms with Crippen LogP contribution in [0.25, 0.3) is 0 Å². The van der Waals surface area contributed by atoms with Gasteiger partial charge in [-0.3, -0.25) is 9.69 Å². The predicted octanol–water partition coefficient (Wildman–Crippen LogP) is 1.74. The first-order chi connectivity index (χ1) is 8.56. The zero-order valence-electron chi connectivity index (χ0n) is 10.2. The van der Waals surface area contributed by atoms with Crippen molar-refractivity contribution in [3.63, 3.8) is 0 Å². The molecule has 0 bridgehead atoms. The number of anilines is 1. The molecule has 0 heterocycles. The van der Waals surface area contributed by atoms with Gasteiger partial charge in [-0.05, 0) is 25.2 Å². The second kappa shape index (κ2) is 6.84. The first-order valence-corrected chi connectivity index (χ1v) is 5.63. The van der Waals surface area contributed by atoms with Crippen LogP contribution in [0.5, 0.6) is 5.75 Å². The summed E-state index contributed by atoms with van der Waals surface area (Å²) in [7, 11) is 3.21. The molecule has 18 heavy (non-hydrogen) atoms. The summed E-state index contributed by atoms with van der Waals surface area (Å²) in [5, 5.41) is 11.7. The number of methoxy groups -OCH3 is 1. The average Bonchev–Trinajstić information content (AvgIpc) is 2.29. The maximum atomic E-state index is 11.7. The van der Waals surface area contributed by atoms with Crippen LogP contribution in [0.15, 0.2) is 18.2 Å². The highest BCUT2D eigenvalue weighted by Crippen LogP contribution is 2.27. The lowest BCUT2D eigenvalue weighted by Gasteiger charge is -2.14. The van der Waals surface area contributed by atoms with Crippen molar-refractivity contribution < 1.29 is 9.53 Å². The Morgan fingerprint density at radius 3 is 2.94 bits per heavy atom. The van der Waals surface area contributed by atoms with Crippen molar-refractivity contribution in [3.8, 4) is 11.8 Å². The molecule has 0 aliphatic carbocycles. The number of rotatable bonds is 5. The van der Waals surface area contributed by atoms with Crippen molar-refractivity contribution >= 4 is 23.2 Å². The van der Waals surface area contributed by atoms with Crippen LogP contribution in [-0.2, 0) is 4.79 Å². The lowest BCUT2D eigenvalue weighted by atomic mass is 10.3. The molecule has 5 nitrogen and oxygen atoms in total. The topological polar surface area (TPSA) is 65.4 Å². The standard InChI is InChI=1S/C12H14ClN3O2/c1-16(6-5-14)8-12(17)15-10-7-9(13)3-4-11(10)18-2/h3-4,7H,6,8H2,1-2H3,(H,15,17). The Balaban J connectivity index is 2.69. The van der Waals surface area contributed by atoms with Gasteiger partial charge < -0.3 is 10.1 Å². The minimum Gasteiger partial charge on any atom is -0.495 e. The Bertz CT molecular complexity index is 471. The van der Waals surface area contributed by atoms with Gasteiger partial charge >= 0.3 is 0 Å². The summed E-state index contributed by atoms with van der Waals surface area (Å²) in [6, 6.07) is 6.94. The Morgan fingerprint density at radius 1 is 1.61 bits per heavy atom. The third kappa shape index (κ3) is 4.24. The third-order valence-electron chi connectivity index (χ3n) is 2.19. The van der Waals surface area contributed by atoms with E-state index in [1.807, 2.05) is 6.07 Å². The average molecular weight is 268 g/mol. The molecule has 0 saturated heterocycles. The van der Waals surface area contributed by atoms with Crippen molar-refractivity contribution in [2.75, 3.05) is 32.6 Å². The molecule has 1 rings (SSSR count). The van der Waals surface area contributed by atoms with Crippen LogP contribution >= 0.6 is 11.6 Å².